The van der Waals surface area contributed by atoms with Crippen LogP contribution in [0.5, 0.6) is 0 Å². The van der Waals surface area contributed by atoms with Crippen LogP contribution in [0.25, 0.3) is 0 Å². The summed E-state index contributed by atoms with van der Waals surface area (Å²) in [6.45, 7) is 6.92. The monoisotopic (exact) mass is 234 g/mol. The number of hydrogen-bond donors (Lipinski definition) is 1. The van der Waals surface area contributed by atoms with Crippen molar-refractivity contribution in [1.29, 1.82) is 0 Å². The maximum atomic E-state index is 4.81. The number of aromatic nitrogens is 2. The molecule has 2 nitrogen and oxygen atoms in total. The third-order valence-electron chi connectivity index (χ3n) is 3.90. The quantitative estimate of drug-likeness (QED) is 0.759. The summed E-state index contributed by atoms with van der Waals surface area (Å²) in [7, 11) is 0. The van der Waals surface area contributed by atoms with Crippen molar-refractivity contribution < 1.29 is 0 Å². The minimum Gasteiger partial charge on any atom is -0.346 e. The molecule has 0 amide bonds. The van der Waals surface area contributed by atoms with Crippen LogP contribution >= 0.6 is 0 Å². The molecule has 0 saturated carbocycles. The molecule has 2 rings (SSSR count). The fourth-order valence-electron chi connectivity index (χ4n) is 3.03. The van der Waals surface area contributed by atoms with Crippen LogP contribution < -0.4 is 0 Å². The molecule has 1 heterocycles. The molecule has 0 aromatic carbocycles. The third-order valence-corrected chi connectivity index (χ3v) is 3.90. The van der Waals surface area contributed by atoms with E-state index in [2.05, 4.69) is 25.8 Å². The van der Waals surface area contributed by atoms with Gasteiger partial charge in [0, 0.05) is 18.0 Å². The summed E-state index contributed by atoms with van der Waals surface area (Å²) in [5.74, 6) is 2.69. The molecule has 2 atom stereocenters. The van der Waals surface area contributed by atoms with Gasteiger partial charge in [-0.2, -0.15) is 0 Å². The second kappa shape index (κ2) is 5.70. The van der Waals surface area contributed by atoms with Crippen LogP contribution in [0.1, 0.15) is 76.0 Å². The largest absolute Gasteiger partial charge is 0.346 e. The summed E-state index contributed by atoms with van der Waals surface area (Å²) < 4.78 is 0. The molecule has 2 unspecified atom stereocenters. The van der Waals surface area contributed by atoms with Gasteiger partial charge >= 0.3 is 0 Å². The zero-order valence-electron chi connectivity index (χ0n) is 11.6. The molecule has 0 radical (unpaired) electrons. The molecule has 1 aromatic rings. The molecule has 1 N–H and O–H groups in total. The number of hydrogen-bond acceptors (Lipinski definition) is 1. The van der Waals surface area contributed by atoms with Gasteiger partial charge in [-0.25, -0.2) is 4.98 Å². The van der Waals surface area contributed by atoms with Gasteiger partial charge in [0.1, 0.15) is 5.82 Å². The summed E-state index contributed by atoms with van der Waals surface area (Å²) in [5, 5.41) is 0. The van der Waals surface area contributed by atoms with E-state index < -0.39 is 0 Å². The number of nitrogens with zero attached hydrogens (tertiary/aromatic N) is 1. The fourth-order valence-corrected chi connectivity index (χ4v) is 3.03. The minimum absolute atomic E-state index is 0.648. The number of fused-ring (bicyclic) bond motifs is 1. The highest BCUT2D eigenvalue weighted by Gasteiger charge is 2.24. The highest BCUT2D eigenvalue weighted by Crippen LogP contribution is 2.32. The Morgan fingerprint density at radius 3 is 2.82 bits per heavy atom. The van der Waals surface area contributed by atoms with Crippen molar-refractivity contribution in [3.63, 3.8) is 0 Å². The molecule has 0 bridgehead atoms. The first-order chi connectivity index (χ1) is 8.20. The number of imidazole rings is 1. The van der Waals surface area contributed by atoms with Gasteiger partial charge in [0.05, 0.1) is 5.69 Å². The maximum Gasteiger partial charge on any atom is 0.106 e. The van der Waals surface area contributed by atoms with E-state index in [1.54, 1.807) is 0 Å². The van der Waals surface area contributed by atoms with E-state index in [0.29, 0.717) is 5.92 Å². The van der Waals surface area contributed by atoms with Gasteiger partial charge in [-0.15, -0.1) is 0 Å². The van der Waals surface area contributed by atoms with Crippen molar-refractivity contribution in [2.75, 3.05) is 0 Å². The molecule has 0 fully saturated rings. The number of H-pyrrole nitrogens is 1. The average molecular weight is 234 g/mol. The molecule has 0 saturated heterocycles. The van der Waals surface area contributed by atoms with Crippen molar-refractivity contribution in [3.8, 4) is 0 Å². The Morgan fingerprint density at radius 2 is 2.06 bits per heavy atom. The second-order valence-corrected chi connectivity index (χ2v) is 5.80. The Kier molecular flexibility index (Phi) is 4.25. The number of unbranched alkanes of at least 4 members (excludes halogenated alkanes) is 3. The number of aryl methyl sites for hydroxylation is 1. The van der Waals surface area contributed by atoms with E-state index in [0.717, 1.165) is 12.3 Å². The third kappa shape index (κ3) is 3.11. The second-order valence-electron chi connectivity index (χ2n) is 5.80. The number of rotatable bonds is 5. The van der Waals surface area contributed by atoms with E-state index in [4.69, 9.17) is 4.98 Å². The first kappa shape index (κ1) is 12.7. The van der Waals surface area contributed by atoms with Gasteiger partial charge in [-0.3, -0.25) is 0 Å². The van der Waals surface area contributed by atoms with Gasteiger partial charge in [0.2, 0.25) is 0 Å². The zero-order valence-corrected chi connectivity index (χ0v) is 11.6. The zero-order chi connectivity index (χ0) is 12.3. The molecular formula is C15H26N2. The summed E-state index contributed by atoms with van der Waals surface area (Å²) >= 11 is 0. The summed E-state index contributed by atoms with van der Waals surface area (Å²) in [5.41, 5.74) is 2.77. The van der Waals surface area contributed by atoms with Gasteiger partial charge in [0.15, 0.2) is 0 Å². The molecule has 96 valence electrons. The summed E-state index contributed by atoms with van der Waals surface area (Å²) in [6.07, 6.45) is 8.91. The van der Waals surface area contributed by atoms with Crippen LogP contribution in [0.15, 0.2) is 0 Å². The smallest absolute Gasteiger partial charge is 0.106 e. The molecule has 1 aliphatic rings. The highest BCUT2D eigenvalue weighted by atomic mass is 14.9. The molecule has 2 heteroatoms. The Labute approximate surface area is 105 Å². The van der Waals surface area contributed by atoms with Crippen LogP contribution in [-0.4, -0.2) is 9.97 Å². The molecule has 1 aliphatic carbocycles. The van der Waals surface area contributed by atoms with Crippen molar-refractivity contribution in [2.24, 2.45) is 5.92 Å². The van der Waals surface area contributed by atoms with Crippen molar-refractivity contribution >= 4 is 0 Å². The SMILES string of the molecule is CCCCCCc1nc2c([nH]1)CC(C)CC2C. The predicted molar refractivity (Wildman–Crippen MR) is 72.3 cm³/mol. The first-order valence-corrected chi connectivity index (χ1v) is 7.28. The lowest BCUT2D eigenvalue weighted by Crippen LogP contribution is -2.14. The van der Waals surface area contributed by atoms with E-state index in [1.165, 1.54) is 55.7 Å². The van der Waals surface area contributed by atoms with Crippen LogP contribution in [0.2, 0.25) is 0 Å². The fraction of sp³-hybridized carbons (Fsp3) is 0.800. The molecule has 0 aliphatic heterocycles. The molecule has 17 heavy (non-hydrogen) atoms. The Bertz CT molecular complexity index is 354. The van der Waals surface area contributed by atoms with Gasteiger partial charge in [0.25, 0.3) is 0 Å². The summed E-state index contributed by atoms with van der Waals surface area (Å²) in [6, 6.07) is 0. The Hall–Kier alpha value is -0.790. The average Bonchev–Trinajstić information content (AvgIpc) is 2.67. The Balaban J connectivity index is 1.95. The topological polar surface area (TPSA) is 28.7 Å². The van der Waals surface area contributed by atoms with Gasteiger partial charge in [-0.05, 0) is 25.2 Å². The lowest BCUT2D eigenvalue weighted by atomic mass is 9.84. The van der Waals surface area contributed by atoms with Crippen molar-refractivity contribution in [2.45, 2.75) is 71.6 Å². The first-order valence-electron chi connectivity index (χ1n) is 7.28. The number of nitrogens with one attached hydrogen (secondary N) is 1. The molecule has 0 spiro atoms. The lowest BCUT2D eigenvalue weighted by Gasteiger charge is -2.22. The normalized spacial score (nSPS) is 23.7. The van der Waals surface area contributed by atoms with Crippen molar-refractivity contribution in [1.82, 2.24) is 9.97 Å². The minimum atomic E-state index is 0.648. The van der Waals surface area contributed by atoms with Crippen LogP contribution in [-0.2, 0) is 12.8 Å². The number of aromatic amines is 1. The van der Waals surface area contributed by atoms with E-state index in [-0.39, 0.29) is 0 Å². The summed E-state index contributed by atoms with van der Waals surface area (Å²) in [4.78, 5) is 8.37. The predicted octanol–water partition coefficient (Wildman–Crippen LogP) is 4.22. The van der Waals surface area contributed by atoms with Gasteiger partial charge in [-0.1, -0.05) is 40.0 Å². The molecule has 1 aromatic heterocycles. The van der Waals surface area contributed by atoms with E-state index in [9.17, 15) is 0 Å². The molecular weight excluding hydrogens is 208 g/mol. The highest BCUT2D eigenvalue weighted by molar-refractivity contribution is 5.22. The standard InChI is InChI=1S/C15H26N2/c1-4-5-6-7-8-14-16-13-10-11(2)9-12(3)15(13)17-14/h11-12H,4-10H2,1-3H3,(H,16,17). The van der Waals surface area contributed by atoms with E-state index in [1.807, 2.05) is 0 Å². The van der Waals surface area contributed by atoms with Crippen LogP contribution in [0.3, 0.4) is 0 Å². The van der Waals surface area contributed by atoms with Crippen LogP contribution in [0.4, 0.5) is 0 Å². The van der Waals surface area contributed by atoms with Crippen LogP contribution in [0, 0.1) is 5.92 Å². The van der Waals surface area contributed by atoms with Crippen molar-refractivity contribution in [3.05, 3.63) is 17.2 Å². The maximum absolute atomic E-state index is 4.81. The van der Waals surface area contributed by atoms with E-state index >= 15 is 0 Å². The lowest BCUT2D eigenvalue weighted by molar-refractivity contribution is 0.440. The van der Waals surface area contributed by atoms with Gasteiger partial charge < -0.3 is 4.98 Å². The Morgan fingerprint density at radius 1 is 1.24 bits per heavy atom.